The van der Waals surface area contributed by atoms with Gasteiger partial charge in [-0.15, -0.1) is 0 Å². The molecule has 2 rings (SSSR count). The molecular weight excluding hydrogens is 179 g/mol. The maximum atomic E-state index is 13.5. The van der Waals surface area contributed by atoms with Crippen LogP contribution in [0.5, 0.6) is 0 Å². The molecule has 0 saturated carbocycles. The number of rotatable bonds is 1. The minimum absolute atomic E-state index is 0.302. The van der Waals surface area contributed by atoms with Gasteiger partial charge in [0.15, 0.2) is 0 Å². The molecule has 0 aromatic carbocycles. The van der Waals surface area contributed by atoms with E-state index in [1.807, 2.05) is 18.2 Å². The van der Waals surface area contributed by atoms with E-state index in [-0.39, 0.29) is 5.92 Å². The first-order valence-electron chi connectivity index (χ1n) is 4.48. The number of hydrogen-bond donors (Lipinski definition) is 1. The van der Waals surface area contributed by atoms with Crippen LogP contribution in [0, 0.1) is 0 Å². The van der Waals surface area contributed by atoms with Gasteiger partial charge < -0.3 is 5.73 Å². The van der Waals surface area contributed by atoms with Crippen molar-refractivity contribution in [2.24, 2.45) is 5.73 Å². The van der Waals surface area contributed by atoms with Gasteiger partial charge >= 0.3 is 0 Å². The van der Waals surface area contributed by atoms with E-state index in [1.54, 1.807) is 18.3 Å². The molecular formula is C11H11FN2. The maximum absolute atomic E-state index is 13.5. The summed E-state index contributed by atoms with van der Waals surface area (Å²) in [4.78, 5) is 4.12. The summed E-state index contributed by atoms with van der Waals surface area (Å²) < 4.78 is 13.5. The van der Waals surface area contributed by atoms with Crippen LogP contribution in [-0.4, -0.2) is 11.2 Å². The number of pyridine rings is 1. The fourth-order valence-corrected chi connectivity index (χ4v) is 1.50. The first-order chi connectivity index (χ1) is 6.77. The Labute approximate surface area is 82.0 Å². The number of hydrogen-bond acceptors (Lipinski definition) is 2. The molecule has 0 fully saturated rings. The van der Waals surface area contributed by atoms with Crippen molar-refractivity contribution < 1.29 is 4.39 Å². The van der Waals surface area contributed by atoms with Crippen molar-refractivity contribution in [3.05, 3.63) is 54.0 Å². The van der Waals surface area contributed by atoms with Crippen LogP contribution in [0.2, 0.25) is 0 Å². The Balaban J connectivity index is 2.26. The Hall–Kier alpha value is -1.64. The van der Waals surface area contributed by atoms with E-state index in [0.29, 0.717) is 5.70 Å². The Morgan fingerprint density at radius 3 is 2.86 bits per heavy atom. The minimum atomic E-state index is -1.07. The van der Waals surface area contributed by atoms with E-state index in [4.69, 9.17) is 5.73 Å². The zero-order chi connectivity index (χ0) is 9.97. The number of allylic oxidation sites excluding steroid dienone is 3. The molecule has 1 heterocycles. The molecule has 1 aromatic rings. The van der Waals surface area contributed by atoms with E-state index in [1.165, 1.54) is 6.08 Å². The third-order valence-corrected chi connectivity index (χ3v) is 2.22. The molecule has 2 N–H and O–H groups in total. The number of halogens is 1. The molecule has 0 saturated heterocycles. The first kappa shape index (κ1) is 8.94. The van der Waals surface area contributed by atoms with Gasteiger partial charge in [-0.1, -0.05) is 12.1 Å². The highest BCUT2D eigenvalue weighted by Gasteiger charge is 2.22. The molecule has 2 atom stereocenters. The van der Waals surface area contributed by atoms with Gasteiger partial charge in [-0.25, -0.2) is 4.39 Å². The van der Waals surface area contributed by atoms with E-state index < -0.39 is 6.17 Å². The molecule has 72 valence electrons. The summed E-state index contributed by atoms with van der Waals surface area (Å²) in [7, 11) is 0. The van der Waals surface area contributed by atoms with Crippen LogP contribution >= 0.6 is 0 Å². The van der Waals surface area contributed by atoms with Gasteiger partial charge in [0, 0.05) is 11.9 Å². The number of nitrogens with two attached hydrogens (primary N) is 1. The molecule has 1 aliphatic carbocycles. The Bertz CT molecular complexity index is 370. The average Bonchev–Trinajstić information content (AvgIpc) is 2.19. The number of alkyl halides is 1. The highest BCUT2D eigenvalue weighted by molar-refractivity contribution is 5.31. The lowest BCUT2D eigenvalue weighted by molar-refractivity contribution is 0.363. The molecule has 3 heteroatoms. The number of nitrogens with zero attached hydrogens (tertiary/aromatic N) is 1. The van der Waals surface area contributed by atoms with Crippen LogP contribution in [0.3, 0.4) is 0 Å². The molecule has 1 aliphatic rings. The normalized spacial score (nSPS) is 25.9. The summed E-state index contributed by atoms with van der Waals surface area (Å²) in [5.74, 6) is -0.302. The summed E-state index contributed by atoms with van der Waals surface area (Å²) in [5.41, 5.74) is 6.69. The van der Waals surface area contributed by atoms with Gasteiger partial charge in [0.2, 0.25) is 0 Å². The molecule has 0 radical (unpaired) electrons. The maximum Gasteiger partial charge on any atom is 0.132 e. The summed E-state index contributed by atoms with van der Waals surface area (Å²) in [6, 6.07) is 5.48. The predicted molar refractivity (Wildman–Crippen MR) is 53.3 cm³/mol. The number of aromatic nitrogens is 1. The fourth-order valence-electron chi connectivity index (χ4n) is 1.50. The molecule has 2 unspecified atom stereocenters. The minimum Gasteiger partial charge on any atom is -0.399 e. The van der Waals surface area contributed by atoms with E-state index in [2.05, 4.69) is 4.98 Å². The molecule has 0 aliphatic heterocycles. The predicted octanol–water partition coefficient (Wildman–Crippen LogP) is 1.92. The monoisotopic (exact) mass is 190 g/mol. The average molecular weight is 190 g/mol. The summed E-state index contributed by atoms with van der Waals surface area (Å²) in [6.45, 7) is 0. The molecule has 0 spiro atoms. The second kappa shape index (κ2) is 3.62. The second-order valence-electron chi connectivity index (χ2n) is 3.25. The Morgan fingerprint density at radius 1 is 1.36 bits per heavy atom. The summed E-state index contributed by atoms with van der Waals surface area (Å²) >= 11 is 0. The standard InChI is InChI=1S/C11H11FN2/c12-10-7-8(13)4-5-9(10)11-3-1-2-6-14-11/h1-7,9-10H,13H2. The highest BCUT2D eigenvalue weighted by atomic mass is 19.1. The lowest BCUT2D eigenvalue weighted by Crippen LogP contribution is -2.16. The Morgan fingerprint density at radius 2 is 2.21 bits per heavy atom. The van der Waals surface area contributed by atoms with Crippen molar-refractivity contribution in [2.45, 2.75) is 12.1 Å². The third kappa shape index (κ3) is 1.66. The highest BCUT2D eigenvalue weighted by Crippen LogP contribution is 2.26. The van der Waals surface area contributed by atoms with Crippen LogP contribution < -0.4 is 5.73 Å². The lowest BCUT2D eigenvalue weighted by atomic mass is 9.94. The molecule has 0 bridgehead atoms. The fraction of sp³-hybridized carbons (Fsp3) is 0.182. The van der Waals surface area contributed by atoms with Gasteiger partial charge in [0.05, 0.1) is 11.6 Å². The van der Waals surface area contributed by atoms with Gasteiger partial charge in [0.25, 0.3) is 0 Å². The van der Waals surface area contributed by atoms with Gasteiger partial charge in [-0.2, -0.15) is 0 Å². The lowest BCUT2D eigenvalue weighted by Gasteiger charge is -2.18. The van der Waals surface area contributed by atoms with Crippen molar-refractivity contribution in [3.63, 3.8) is 0 Å². The quantitative estimate of drug-likeness (QED) is 0.734. The van der Waals surface area contributed by atoms with Crippen LogP contribution in [0.25, 0.3) is 0 Å². The SMILES string of the molecule is NC1=CC(F)C(c2ccccn2)C=C1. The summed E-state index contributed by atoms with van der Waals surface area (Å²) in [5, 5.41) is 0. The molecule has 2 nitrogen and oxygen atoms in total. The zero-order valence-corrected chi connectivity index (χ0v) is 7.60. The van der Waals surface area contributed by atoms with Gasteiger partial charge in [0.1, 0.15) is 6.17 Å². The topological polar surface area (TPSA) is 38.9 Å². The van der Waals surface area contributed by atoms with Crippen LogP contribution in [-0.2, 0) is 0 Å². The Kier molecular flexibility index (Phi) is 2.31. The van der Waals surface area contributed by atoms with Crippen molar-refractivity contribution in [1.82, 2.24) is 4.98 Å². The van der Waals surface area contributed by atoms with Crippen LogP contribution in [0.1, 0.15) is 11.6 Å². The largest absolute Gasteiger partial charge is 0.399 e. The first-order valence-corrected chi connectivity index (χ1v) is 4.48. The van der Waals surface area contributed by atoms with Crippen molar-refractivity contribution in [2.75, 3.05) is 0 Å². The van der Waals surface area contributed by atoms with Gasteiger partial charge in [-0.3, -0.25) is 4.98 Å². The summed E-state index contributed by atoms with van der Waals surface area (Å²) in [6.07, 6.45) is 5.48. The molecule has 14 heavy (non-hydrogen) atoms. The van der Waals surface area contributed by atoms with Crippen molar-refractivity contribution >= 4 is 0 Å². The molecule has 0 amide bonds. The second-order valence-corrected chi connectivity index (χ2v) is 3.25. The zero-order valence-electron chi connectivity index (χ0n) is 7.60. The van der Waals surface area contributed by atoms with Crippen LogP contribution in [0.15, 0.2) is 48.3 Å². The van der Waals surface area contributed by atoms with E-state index >= 15 is 0 Å². The van der Waals surface area contributed by atoms with Gasteiger partial charge in [-0.05, 0) is 24.3 Å². The van der Waals surface area contributed by atoms with Crippen molar-refractivity contribution in [3.8, 4) is 0 Å². The smallest absolute Gasteiger partial charge is 0.132 e. The van der Waals surface area contributed by atoms with E-state index in [0.717, 1.165) is 5.69 Å². The third-order valence-electron chi connectivity index (χ3n) is 2.22. The van der Waals surface area contributed by atoms with E-state index in [9.17, 15) is 4.39 Å². The van der Waals surface area contributed by atoms with Crippen LogP contribution in [0.4, 0.5) is 4.39 Å². The van der Waals surface area contributed by atoms with Crippen molar-refractivity contribution in [1.29, 1.82) is 0 Å². The molecule has 1 aromatic heterocycles.